The van der Waals surface area contributed by atoms with E-state index >= 15 is 0 Å². The number of nitrogens with zero attached hydrogens (tertiary/aromatic N) is 2. The topological polar surface area (TPSA) is 78.4 Å². The molecule has 0 spiro atoms. The third-order valence-electron chi connectivity index (χ3n) is 4.97. The van der Waals surface area contributed by atoms with Gasteiger partial charge in [-0.15, -0.1) is 0 Å². The Hall–Kier alpha value is -1.84. The number of anilines is 1. The van der Waals surface area contributed by atoms with Crippen LogP contribution in [0.5, 0.6) is 0 Å². The lowest BCUT2D eigenvalue weighted by atomic mass is 9.95. The molecule has 1 saturated carbocycles. The van der Waals surface area contributed by atoms with Crippen molar-refractivity contribution in [3.05, 3.63) is 23.9 Å². The van der Waals surface area contributed by atoms with Gasteiger partial charge in [0.25, 0.3) is 0 Å². The second-order valence-electron chi connectivity index (χ2n) is 7.27. The Labute approximate surface area is 179 Å². The Morgan fingerprint density at radius 3 is 2.73 bits per heavy atom. The number of hydrogen-bond donors (Lipinski definition) is 3. The van der Waals surface area contributed by atoms with E-state index in [2.05, 4.69) is 25.9 Å². The summed E-state index contributed by atoms with van der Waals surface area (Å²) in [4.78, 5) is 8.38. The molecule has 0 saturated heterocycles. The van der Waals surface area contributed by atoms with Crippen molar-refractivity contribution in [3.8, 4) is 0 Å². The molecule has 1 aromatic rings. The van der Waals surface area contributed by atoms with Gasteiger partial charge in [-0.3, -0.25) is 9.20 Å². The molecule has 1 fully saturated rings. The zero-order valence-corrected chi connectivity index (χ0v) is 18.4. The summed E-state index contributed by atoms with van der Waals surface area (Å²) in [5, 5.41) is 9.97. The van der Waals surface area contributed by atoms with Crippen molar-refractivity contribution in [2.24, 2.45) is 4.99 Å². The number of nitrogens with one attached hydrogen (secondary N) is 3. The molecule has 1 heterocycles. The molecular formula is C20H32F3N5OS. The lowest BCUT2D eigenvalue weighted by Crippen LogP contribution is -2.46. The van der Waals surface area contributed by atoms with Gasteiger partial charge in [0.2, 0.25) is 0 Å². The standard InChI is InChI=1S/C20H32F3N5OS/c1-3-24-19(28-16-7-5-8-17(13-16)30(29)4-2)26-12-6-11-25-18-10-9-15(14-27-18)20(21,22)23/h9-10,14,16-17H,3-8,11-13H2,1-2H3,(H,25,27)(H2,24,26,28). The van der Waals surface area contributed by atoms with Crippen molar-refractivity contribution in [2.45, 2.75) is 63.4 Å². The molecule has 1 aliphatic rings. The minimum Gasteiger partial charge on any atom is -0.370 e. The van der Waals surface area contributed by atoms with Crippen LogP contribution in [0.4, 0.5) is 19.0 Å². The SMILES string of the molecule is CCNC(=NCCCNc1ccc(C(F)(F)F)cn1)NC1CCCC(S(=O)CC)C1. The predicted molar refractivity (Wildman–Crippen MR) is 116 cm³/mol. The summed E-state index contributed by atoms with van der Waals surface area (Å²) in [6.45, 7) is 5.84. The molecule has 2 rings (SSSR count). The van der Waals surface area contributed by atoms with Gasteiger partial charge in [-0.2, -0.15) is 13.2 Å². The van der Waals surface area contributed by atoms with E-state index in [9.17, 15) is 17.4 Å². The van der Waals surface area contributed by atoms with Crippen LogP contribution in [0.3, 0.4) is 0 Å². The smallest absolute Gasteiger partial charge is 0.370 e. The maximum Gasteiger partial charge on any atom is 0.417 e. The first-order chi connectivity index (χ1) is 14.3. The molecule has 1 aromatic heterocycles. The molecule has 0 amide bonds. The summed E-state index contributed by atoms with van der Waals surface area (Å²) >= 11 is 0. The Bertz CT molecular complexity index is 697. The minimum absolute atomic E-state index is 0.254. The van der Waals surface area contributed by atoms with Crippen LogP contribution < -0.4 is 16.0 Å². The zero-order valence-electron chi connectivity index (χ0n) is 17.6. The quantitative estimate of drug-likeness (QED) is 0.307. The van der Waals surface area contributed by atoms with E-state index in [0.29, 0.717) is 31.1 Å². The van der Waals surface area contributed by atoms with Gasteiger partial charge >= 0.3 is 6.18 Å². The van der Waals surface area contributed by atoms with E-state index in [1.165, 1.54) is 6.07 Å². The fourth-order valence-electron chi connectivity index (χ4n) is 3.42. The molecule has 0 radical (unpaired) electrons. The van der Waals surface area contributed by atoms with Gasteiger partial charge in [0.1, 0.15) is 5.82 Å². The van der Waals surface area contributed by atoms with Crippen LogP contribution >= 0.6 is 0 Å². The van der Waals surface area contributed by atoms with E-state index in [-0.39, 0.29) is 11.3 Å². The minimum atomic E-state index is -4.38. The summed E-state index contributed by atoms with van der Waals surface area (Å²) in [6, 6.07) is 2.62. The summed E-state index contributed by atoms with van der Waals surface area (Å²) in [6.07, 6.45) is 1.20. The molecule has 0 aromatic carbocycles. The monoisotopic (exact) mass is 447 g/mol. The number of pyridine rings is 1. The number of guanidine groups is 1. The lowest BCUT2D eigenvalue weighted by Gasteiger charge is -2.30. The van der Waals surface area contributed by atoms with E-state index < -0.39 is 22.5 Å². The second kappa shape index (κ2) is 12.1. The Balaban J connectivity index is 1.77. The van der Waals surface area contributed by atoms with Gasteiger partial charge in [0.05, 0.1) is 5.56 Å². The van der Waals surface area contributed by atoms with Crippen molar-refractivity contribution < 1.29 is 17.4 Å². The zero-order chi connectivity index (χ0) is 22.0. The molecule has 10 heteroatoms. The van der Waals surface area contributed by atoms with E-state index in [1.807, 2.05) is 13.8 Å². The first-order valence-corrected chi connectivity index (χ1v) is 11.9. The van der Waals surface area contributed by atoms with E-state index in [4.69, 9.17) is 0 Å². The highest BCUT2D eigenvalue weighted by Gasteiger charge is 2.30. The summed E-state index contributed by atoms with van der Waals surface area (Å²) < 4.78 is 49.8. The first kappa shape index (κ1) is 24.4. The highest BCUT2D eigenvalue weighted by molar-refractivity contribution is 7.85. The Kier molecular flexibility index (Phi) is 9.87. The lowest BCUT2D eigenvalue weighted by molar-refractivity contribution is -0.137. The Morgan fingerprint density at radius 1 is 1.30 bits per heavy atom. The van der Waals surface area contributed by atoms with Crippen LogP contribution in [-0.2, 0) is 17.0 Å². The molecule has 3 atom stereocenters. The summed E-state index contributed by atoms with van der Waals surface area (Å²) in [5.41, 5.74) is -0.758. The van der Waals surface area contributed by atoms with Crippen LogP contribution in [-0.4, -0.2) is 51.8 Å². The second-order valence-corrected chi connectivity index (χ2v) is 9.28. The van der Waals surface area contributed by atoms with E-state index in [0.717, 1.165) is 50.5 Å². The third-order valence-corrected chi connectivity index (χ3v) is 6.71. The third kappa shape index (κ3) is 8.12. The fraction of sp³-hybridized carbons (Fsp3) is 0.700. The van der Waals surface area contributed by atoms with Crippen LogP contribution in [0.25, 0.3) is 0 Å². The van der Waals surface area contributed by atoms with Crippen LogP contribution in [0.1, 0.15) is 51.5 Å². The largest absolute Gasteiger partial charge is 0.417 e. The molecular weight excluding hydrogens is 415 g/mol. The molecule has 30 heavy (non-hydrogen) atoms. The number of rotatable bonds is 9. The van der Waals surface area contributed by atoms with Gasteiger partial charge < -0.3 is 16.0 Å². The van der Waals surface area contributed by atoms with E-state index in [1.54, 1.807) is 0 Å². The van der Waals surface area contributed by atoms with Crippen molar-refractivity contribution in [1.82, 2.24) is 15.6 Å². The predicted octanol–water partition coefficient (Wildman–Crippen LogP) is 3.54. The Morgan fingerprint density at radius 2 is 2.10 bits per heavy atom. The number of hydrogen-bond acceptors (Lipinski definition) is 4. The molecule has 3 N–H and O–H groups in total. The maximum absolute atomic E-state index is 12.6. The van der Waals surface area contributed by atoms with Gasteiger partial charge in [-0.05, 0) is 44.7 Å². The molecule has 170 valence electrons. The maximum atomic E-state index is 12.6. The normalized spacial score (nSPS) is 21.2. The molecule has 0 bridgehead atoms. The number of aromatic nitrogens is 1. The first-order valence-electron chi connectivity index (χ1n) is 10.5. The average Bonchev–Trinajstić information content (AvgIpc) is 2.73. The van der Waals surface area contributed by atoms with Gasteiger partial charge in [0.15, 0.2) is 5.96 Å². The number of alkyl halides is 3. The number of halogens is 3. The molecule has 0 aliphatic heterocycles. The van der Waals surface area contributed by atoms with Crippen molar-refractivity contribution >= 4 is 22.6 Å². The number of aliphatic imine (C=N–C) groups is 1. The van der Waals surface area contributed by atoms with Crippen molar-refractivity contribution in [1.29, 1.82) is 0 Å². The van der Waals surface area contributed by atoms with Gasteiger partial charge in [0, 0.05) is 53.7 Å². The summed E-state index contributed by atoms with van der Waals surface area (Å²) in [7, 11) is -0.762. The highest BCUT2D eigenvalue weighted by Crippen LogP contribution is 2.28. The van der Waals surface area contributed by atoms with Crippen molar-refractivity contribution in [2.75, 3.05) is 30.7 Å². The molecule has 1 aliphatic carbocycles. The van der Waals surface area contributed by atoms with Gasteiger partial charge in [-0.1, -0.05) is 13.3 Å². The molecule has 6 nitrogen and oxygen atoms in total. The van der Waals surface area contributed by atoms with Crippen LogP contribution in [0, 0.1) is 0 Å². The van der Waals surface area contributed by atoms with Crippen molar-refractivity contribution in [3.63, 3.8) is 0 Å². The average molecular weight is 448 g/mol. The summed E-state index contributed by atoms with van der Waals surface area (Å²) in [5.74, 6) is 1.86. The van der Waals surface area contributed by atoms with Crippen LogP contribution in [0.15, 0.2) is 23.3 Å². The highest BCUT2D eigenvalue weighted by atomic mass is 32.2. The molecule has 3 unspecified atom stereocenters. The fourth-order valence-corrected chi connectivity index (χ4v) is 4.76. The van der Waals surface area contributed by atoms with Crippen LogP contribution in [0.2, 0.25) is 0 Å². The van der Waals surface area contributed by atoms with Gasteiger partial charge in [-0.25, -0.2) is 4.98 Å².